The zero-order valence-electron chi connectivity index (χ0n) is 48.5. The van der Waals surface area contributed by atoms with Crippen molar-refractivity contribution in [1.82, 2.24) is 4.90 Å². The Balaban J connectivity index is 1.11. The topological polar surface area (TPSA) is 68.2 Å². The number of esters is 1. The number of hydrogen-bond acceptors (Lipinski definition) is 6. The summed E-state index contributed by atoms with van der Waals surface area (Å²) in [5.41, 5.74) is 2.44. The first-order valence-corrected chi connectivity index (χ1v) is 32.0. The number of rotatable bonds is 44. The molecule has 4 rings (SSSR count). The average Bonchev–Trinajstić information content (AvgIpc) is 3.71. The highest BCUT2D eigenvalue weighted by molar-refractivity contribution is 5.69. The second kappa shape index (κ2) is 36.9. The Morgan fingerprint density at radius 3 is 1.77 bits per heavy atom. The van der Waals surface area contributed by atoms with Gasteiger partial charge in [0.1, 0.15) is 6.10 Å². The van der Waals surface area contributed by atoms with Gasteiger partial charge in [-0.05, 0) is 169 Å². The summed E-state index contributed by atoms with van der Waals surface area (Å²) in [4.78, 5) is 15.9. The van der Waals surface area contributed by atoms with Crippen molar-refractivity contribution in [2.24, 2.45) is 46.3 Å². The molecule has 4 aliphatic rings. The quantitative estimate of drug-likeness (QED) is 0.0284. The number of nitrogens with zero attached hydrogens (tertiary/aromatic N) is 1. The van der Waals surface area contributed by atoms with E-state index in [-0.39, 0.29) is 25.0 Å². The molecule has 0 amide bonds. The predicted molar refractivity (Wildman–Crippen MR) is 303 cm³/mol. The lowest BCUT2D eigenvalue weighted by Crippen LogP contribution is -2.51. The molecule has 3 saturated carbocycles. The summed E-state index contributed by atoms with van der Waals surface area (Å²) in [6, 6.07) is 0. The maximum Gasteiger partial charge on any atom is 0.306 e. The molecule has 0 radical (unpaired) electrons. The molecule has 6 heteroatoms. The first kappa shape index (κ1) is 62.6. The third kappa shape index (κ3) is 23.1. The Morgan fingerprint density at radius 1 is 0.620 bits per heavy atom. The van der Waals surface area contributed by atoms with Crippen molar-refractivity contribution >= 4 is 5.97 Å². The van der Waals surface area contributed by atoms with E-state index in [4.69, 9.17) is 14.2 Å². The molecule has 3 fully saturated rings. The van der Waals surface area contributed by atoms with Gasteiger partial charge in [-0.15, -0.1) is 0 Å². The van der Waals surface area contributed by atoms with Gasteiger partial charge in [-0.25, -0.2) is 0 Å². The minimum atomic E-state index is -0.0624. The molecular weight excluding hydrogens is 875 g/mol. The number of carbonyl (C=O) groups excluding carboxylic acids is 1. The first-order valence-electron chi connectivity index (χ1n) is 32.0. The van der Waals surface area contributed by atoms with Crippen LogP contribution in [0.25, 0.3) is 0 Å². The number of aliphatic hydroxyl groups is 1. The highest BCUT2D eigenvalue weighted by Crippen LogP contribution is 2.67. The number of fused-ring (bicyclic) bond motifs is 5. The molecule has 1 N–H and O–H groups in total. The number of unbranched alkanes of at least 4 members (excludes halogenated alkanes) is 21. The molecule has 0 aliphatic heterocycles. The first-order chi connectivity index (χ1) is 34.5. The van der Waals surface area contributed by atoms with Gasteiger partial charge in [0.05, 0.1) is 0 Å². The van der Waals surface area contributed by atoms with Gasteiger partial charge in [-0.2, -0.15) is 0 Å². The minimum Gasteiger partial charge on any atom is -0.462 e. The third-order valence-electron chi connectivity index (χ3n) is 19.3. The zero-order valence-corrected chi connectivity index (χ0v) is 48.5. The summed E-state index contributed by atoms with van der Waals surface area (Å²) in [7, 11) is 0. The lowest BCUT2D eigenvalue weighted by Gasteiger charge is -2.58. The molecule has 0 aromatic heterocycles. The maximum absolute atomic E-state index is 13.3. The normalized spacial score (nSPS) is 25.7. The van der Waals surface area contributed by atoms with Gasteiger partial charge in [-0.3, -0.25) is 4.79 Å². The summed E-state index contributed by atoms with van der Waals surface area (Å²) in [6.45, 7) is 22.4. The zero-order chi connectivity index (χ0) is 51.0. The van der Waals surface area contributed by atoms with Crippen molar-refractivity contribution in [2.75, 3.05) is 39.5 Å². The maximum atomic E-state index is 13.3. The molecule has 0 spiro atoms. The van der Waals surface area contributed by atoms with E-state index in [1.54, 1.807) is 5.57 Å². The molecule has 8 unspecified atom stereocenters. The van der Waals surface area contributed by atoms with Crippen LogP contribution in [0.5, 0.6) is 0 Å². The Kier molecular flexibility index (Phi) is 32.6. The average molecular weight is 997 g/mol. The van der Waals surface area contributed by atoms with Crippen LogP contribution in [-0.2, 0) is 19.0 Å². The second-order valence-corrected chi connectivity index (χ2v) is 25.4. The van der Waals surface area contributed by atoms with E-state index in [9.17, 15) is 9.90 Å². The van der Waals surface area contributed by atoms with Crippen LogP contribution in [0.4, 0.5) is 0 Å². The van der Waals surface area contributed by atoms with E-state index in [2.05, 4.69) is 59.4 Å². The fourth-order valence-electron chi connectivity index (χ4n) is 14.9. The standard InChI is InChI=1S/C65H121NO5/c1-8-10-12-14-16-18-20-22-32-51-69-63(70-52-33-23-21-19-17-15-13-11-9-2)38-27-25-29-48-66(49-30-31-50-67)47-28-24-26-37-62(68)71-57-43-45-64(6)56(53-57)39-40-58-60-42-41-59(55(5)36-34-35-54(3)4)65(60,7)46-44-61(58)64/h39,54-55,57-61,63,67H,8-38,40-53H2,1-7H3. The van der Waals surface area contributed by atoms with Crippen LogP contribution in [0.15, 0.2) is 11.6 Å². The van der Waals surface area contributed by atoms with Crippen LogP contribution in [0, 0.1) is 46.3 Å². The van der Waals surface area contributed by atoms with Gasteiger partial charge in [0, 0.05) is 32.7 Å². The molecule has 4 aliphatic carbocycles. The lowest BCUT2D eigenvalue weighted by molar-refractivity contribution is -0.151. The molecule has 0 saturated heterocycles. The smallest absolute Gasteiger partial charge is 0.306 e. The van der Waals surface area contributed by atoms with Crippen LogP contribution in [0.3, 0.4) is 0 Å². The van der Waals surface area contributed by atoms with Crippen LogP contribution in [-0.4, -0.2) is 67.8 Å². The highest BCUT2D eigenvalue weighted by atomic mass is 16.7. The van der Waals surface area contributed by atoms with Crippen molar-refractivity contribution in [1.29, 1.82) is 0 Å². The third-order valence-corrected chi connectivity index (χ3v) is 19.3. The van der Waals surface area contributed by atoms with Gasteiger partial charge in [0.25, 0.3) is 0 Å². The number of hydrogen-bond donors (Lipinski definition) is 1. The largest absolute Gasteiger partial charge is 0.462 e. The molecule has 0 aromatic rings. The number of carbonyl (C=O) groups is 1. The van der Waals surface area contributed by atoms with E-state index in [1.165, 1.54) is 173 Å². The minimum absolute atomic E-state index is 0.0215. The molecule has 0 heterocycles. The fourth-order valence-corrected chi connectivity index (χ4v) is 14.9. The number of aliphatic hydroxyl groups excluding tert-OH is 1. The summed E-state index contributed by atoms with van der Waals surface area (Å²) < 4.78 is 19.1. The van der Waals surface area contributed by atoms with Crippen LogP contribution in [0.2, 0.25) is 0 Å². The van der Waals surface area contributed by atoms with E-state index >= 15 is 0 Å². The summed E-state index contributed by atoms with van der Waals surface area (Å²) in [5.74, 6) is 5.14. The van der Waals surface area contributed by atoms with Gasteiger partial charge in [0.2, 0.25) is 0 Å². The molecule has 6 nitrogen and oxygen atoms in total. The molecule has 71 heavy (non-hydrogen) atoms. The molecule has 416 valence electrons. The van der Waals surface area contributed by atoms with Gasteiger partial charge >= 0.3 is 5.97 Å². The van der Waals surface area contributed by atoms with E-state index in [1.807, 2.05) is 0 Å². The molecule has 0 bridgehead atoms. The molecule has 8 atom stereocenters. The van der Waals surface area contributed by atoms with Crippen molar-refractivity contribution < 1.29 is 24.1 Å². The van der Waals surface area contributed by atoms with Crippen LogP contribution in [0.1, 0.15) is 299 Å². The van der Waals surface area contributed by atoms with Crippen molar-refractivity contribution in [3.63, 3.8) is 0 Å². The fraction of sp³-hybridized carbons (Fsp3) is 0.954. The van der Waals surface area contributed by atoms with Gasteiger partial charge in [-0.1, -0.05) is 195 Å². The second-order valence-electron chi connectivity index (χ2n) is 25.4. The highest BCUT2D eigenvalue weighted by Gasteiger charge is 2.59. The molecular formula is C65H121NO5. The van der Waals surface area contributed by atoms with Crippen LogP contribution >= 0.6 is 0 Å². The predicted octanol–water partition coefficient (Wildman–Crippen LogP) is 18.6. The Hall–Kier alpha value is -0.950. The number of allylic oxidation sites excluding steroid dienone is 1. The monoisotopic (exact) mass is 996 g/mol. The van der Waals surface area contributed by atoms with E-state index < -0.39 is 0 Å². The van der Waals surface area contributed by atoms with Gasteiger partial charge in [0.15, 0.2) is 6.29 Å². The SMILES string of the molecule is CCCCCCCCCCCOC(CCCCCN(CCCCO)CCCCCC(=O)OC1CCC2(C)C(=CCC3C2CCC2(C)C(C(C)CCCC(C)C)CCC32)C1)OCCCCCCCCCCC. The summed E-state index contributed by atoms with van der Waals surface area (Å²) >= 11 is 0. The summed E-state index contributed by atoms with van der Waals surface area (Å²) in [6.07, 6.45) is 51.1. The Bertz CT molecular complexity index is 1340. The van der Waals surface area contributed by atoms with Crippen molar-refractivity contribution in [2.45, 2.75) is 311 Å². The Labute approximate surface area is 441 Å². The summed E-state index contributed by atoms with van der Waals surface area (Å²) in [5, 5.41) is 9.52. The lowest BCUT2D eigenvalue weighted by atomic mass is 9.47. The van der Waals surface area contributed by atoms with Crippen molar-refractivity contribution in [3.05, 3.63) is 11.6 Å². The molecule has 0 aromatic carbocycles. The van der Waals surface area contributed by atoms with E-state index in [0.29, 0.717) is 17.3 Å². The van der Waals surface area contributed by atoms with Crippen LogP contribution < -0.4 is 0 Å². The Morgan fingerprint density at radius 2 is 1.18 bits per heavy atom. The van der Waals surface area contributed by atoms with Gasteiger partial charge < -0.3 is 24.2 Å². The van der Waals surface area contributed by atoms with E-state index in [0.717, 1.165) is 139 Å². The number of ether oxygens (including phenoxy) is 3. The van der Waals surface area contributed by atoms with Crippen molar-refractivity contribution in [3.8, 4) is 0 Å².